The molecular formula is C12H14N2O2. The van der Waals surface area contributed by atoms with Crippen molar-refractivity contribution in [3.63, 3.8) is 0 Å². The lowest BCUT2D eigenvalue weighted by Crippen LogP contribution is -2.09. The Hall–Kier alpha value is -1.44. The van der Waals surface area contributed by atoms with Gasteiger partial charge in [0.25, 0.3) is 0 Å². The summed E-state index contributed by atoms with van der Waals surface area (Å²) >= 11 is 0. The van der Waals surface area contributed by atoms with E-state index in [0.717, 1.165) is 31.8 Å². The summed E-state index contributed by atoms with van der Waals surface area (Å²) in [4.78, 5) is 3.91. The van der Waals surface area contributed by atoms with Crippen LogP contribution in [0.2, 0.25) is 0 Å². The summed E-state index contributed by atoms with van der Waals surface area (Å²) in [6, 6.07) is 5.63. The van der Waals surface area contributed by atoms with E-state index in [0.29, 0.717) is 18.2 Å². The molecule has 1 aromatic rings. The SMILES string of the molecule is N#Cc1cc(COCC2CCOC2)ccn1. The second-order valence-corrected chi connectivity index (χ2v) is 3.91. The van der Waals surface area contributed by atoms with Gasteiger partial charge in [-0.3, -0.25) is 0 Å². The van der Waals surface area contributed by atoms with E-state index in [1.54, 1.807) is 12.3 Å². The Balaban J connectivity index is 1.78. The molecule has 1 aromatic heterocycles. The van der Waals surface area contributed by atoms with Gasteiger partial charge in [-0.05, 0) is 24.1 Å². The summed E-state index contributed by atoms with van der Waals surface area (Å²) in [5.74, 6) is 0.525. The maximum atomic E-state index is 8.69. The average Bonchev–Trinajstić information content (AvgIpc) is 2.82. The van der Waals surface area contributed by atoms with Crippen molar-refractivity contribution in [3.8, 4) is 6.07 Å². The molecule has 1 aliphatic heterocycles. The fourth-order valence-electron chi connectivity index (χ4n) is 1.68. The third-order valence-electron chi connectivity index (χ3n) is 2.59. The number of hydrogen-bond donors (Lipinski definition) is 0. The number of nitriles is 1. The normalized spacial score (nSPS) is 19.6. The van der Waals surface area contributed by atoms with Crippen molar-refractivity contribution in [2.45, 2.75) is 13.0 Å². The summed E-state index contributed by atoms with van der Waals surface area (Å²) in [6.45, 7) is 2.92. The van der Waals surface area contributed by atoms with Crippen LogP contribution in [0.1, 0.15) is 17.7 Å². The smallest absolute Gasteiger partial charge is 0.140 e. The molecule has 16 heavy (non-hydrogen) atoms. The van der Waals surface area contributed by atoms with Crippen molar-refractivity contribution in [1.82, 2.24) is 4.98 Å². The Morgan fingerprint density at radius 1 is 1.62 bits per heavy atom. The molecule has 0 amide bonds. The Morgan fingerprint density at radius 3 is 3.31 bits per heavy atom. The minimum atomic E-state index is 0.435. The first-order chi connectivity index (χ1) is 7.88. The van der Waals surface area contributed by atoms with Crippen molar-refractivity contribution < 1.29 is 9.47 Å². The summed E-state index contributed by atoms with van der Waals surface area (Å²) in [5.41, 5.74) is 1.43. The fraction of sp³-hybridized carbons (Fsp3) is 0.500. The lowest BCUT2D eigenvalue weighted by Gasteiger charge is -2.08. The van der Waals surface area contributed by atoms with Gasteiger partial charge in [0.2, 0.25) is 0 Å². The number of aromatic nitrogens is 1. The molecule has 4 nitrogen and oxygen atoms in total. The summed E-state index contributed by atoms with van der Waals surface area (Å²) in [6.07, 6.45) is 2.72. The summed E-state index contributed by atoms with van der Waals surface area (Å²) < 4.78 is 10.8. The zero-order valence-electron chi connectivity index (χ0n) is 9.06. The number of pyridine rings is 1. The highest BCUT2D eigenvalue weighted by Gasteiger charge is 2.15. The largest absolute Gasteiger partial charge is 0.381 e. The Morgan fingerprint density at radius 2 is 2.56 bits per heavy atom. The molecule has 0 aromatic carbocycles. The van der Waals surface area contributed by atoms with Crippen molar-refractivity contribution in [2.24, 2.45) is 5.92 Å². The maximum absolute atomic E-state index is 8.69. The Labute approximate surface area is 94.8 Å². The summed E-state index contributed by atoms with van der Waals surface area (Å²) in [7, 11) is 0. The molecule has 0 N–H and O–H groups in total. The van der Waals surface area contributed by atoms with Crippen molar-refractivity contribution in [1.29, 1.82) is 5.26 Å². The van der Waals surface area contributed by atoms with E-state index in [-0.39, 0.29) is 0 Å². The van der Waals surface area contributed by atoms with E-state index in [4.69, 9.17) is 14.7 Å². The number of ether oxygens (including phenoxy) is 2. The van der Waals surface area contributed by atoms with E-state index >= 15 is 0 Å². The highest BCUT2D eigenvalue weighted by molar-refractivity contribution is 5.24. The lowest BCUT2D eigenvalue weighted by molar-refractivity contribution is 0.0791. The van der Waals surface area contributed by atoms with Crippen LogP contribution in [0.25, 0.3) is 0 Å². The first-order valence-corrected chi connectivity index (χ1v) is 5.39. The van der Waals surface area contributed by atoms with Crippen molar-refractivity contribution in [3.05, 3.63) is 29.6 Å². The van der Waals surface area contributed by atoms with Gasteiger partial charge in [0, 0.05) is 18.7 Å². The van der Waals surface area contributed by atoms with Gasteiger partial charge >= 0.3 is 0 Å². The van der Waals surface area contributed by atoms with Crippen LogP contribution in [-0.2, 0) is 16.1 Å². The highest BCUT2D eigenvalue weighted by atomic mass is 16.5. The van der Waals surface area contributed by atoms with Crippen LogP contribution in [0.15, 0.2) is 18.3 Å². The molecule has 2 heterocycles. The van der Waals surface area contributed by atoms with E-state index in [2.05, 4.69) is 4.98 Å². The van der Waals surface area contributed by atoms with Crippen LogP contribution < -0.4 is 0 Å². The molecule has 84 valence electrons. The van der Waals surface area contributed by atoms with Crippen LogP contribution in [0.5, 0.6) is 0 Å². The molecule has 2 rings (SSSR count). The Kier molecular flexibility index (Phi) is 3.86. The van der Waals surface area contributed by atoms with E-state index < -0.39 is 0 Å². The van der Waals surface area contributed by atoms with E-state index in [9.17, 15) is 0 Å². The maximum Gasteiger partial charge on any atom is 0.140 e. The van der Waals surface area contributed by atoms with Gasteiger partial charge < -0.3 is 9.47 Å². The summed E-state index contributed by atoms with van der Waals surface area (Å²) in [5, 5.41) is 8.69. The van der Waals surface area contributed by atoms with Crippen LogP contribution in [0, 0.1) is 17.2 Å². The van der Waals surface area contributed by atoms with Gasteiger partial charge in [-0.25, -0.2) is 4.98 Å². The average molecular weight is 218 g/mol. The molecule has 1 unspecified atom stereocenters. The van der Waals surface area contributed by atoms with Crippen molar-refractivity contribution in [2.75, 3.05) is 19.8 Å². The molecule has 0 aliphatic carbocycles. The van der Waals surface area contributed by atoms with Gasteiger partial charge in [0.15, 0.2) is 0 Å². The van der Waals surface area contributed by atoms with Gasteiger partial charge in [0.1, 0.15) is 11.8 Å². The predicted octanol–water partition coefficient (Wildman–Crippen LogP) is 1.51. The van der Waals surface area contributed by atoms with Crippen molar-refractivity contribution >= 4 is 0 Å². The molecule has 1 saturated heterocycles. The topological polar surface area (TPSA) is 55.1 Å². The quantitative estimate of drug-likeness (QED) is 0.768. The number of nitrogens with zero attached hydrogens (tertiary/aromatic N) is 2. The third kappa shape index (κ3) is 3.02. The standard InChI is InChI=1S/C12H14N2O2/c13-6-12-5-10(1-3-14-12)7-16-9-11-2-4-15-8-11/h1,3,5,11H,2,4,7-9H2. The van der Waals surface area contributed by atoms with Crippen LogP contribution >= 0.6 is 0 Å². The fourth-order valence-corrected chi connectivity index (χ4v) is 1.68. The zero-order valence-corrected chi connectivity index (χ0v) is 9.06. The van der Waals surface area contributed by atoms with E-state index in [1.807, 2.05) is 12.1 Å². The molecular weight excluding hydrogens is 204 g/mol. The predicted molar refractivity (Wildman–Crippen MR) is 57.5 cm³/mol. The first kappa shape index (κ1) is 11.1. The van der Waals surface area contributed by atoms with Crippen LogP contribution in [0.3, 0.4) is 0 Å². The molecule has 0 spiro atoms. The molecule has 4 heteroatoms. The van der Waals surface area contributed by atoms with Crippen LogP contribution in [-0.4, -0.2) is 24.8 Å². The number of rotatable bonds is 4. The molecule has 1 fully saturated rings. The van der Waals surface area contributed by atoms with Gasteiger partial charge in [0.05, 0.1) is 19.8 Å². The molecule has 1 aliphatic rings. The lowest BCUT2D eigenvalue weighted by atomic mass is 10.1. The molecule has 0 radical (unpaired) electrons. The minimum Gasteiger partial charge on any atom is -0.381 e. The van der Waals surface area contributed by atoms with Crippen LogP contribution in [0.4, 0.5) is 0 Å². The van der Waals surface area contributed by atoms with Gasteiger partial charge in [-0.1, -0.05) is 0 Å². The van der Waals surface area contributed by atoms with Gasteiger partial charge in [-0.2, -0.15) is 5.26 Å². The molecule has 0 saturated carbocycles. The first-order valence-electron chi connectivity index (χ1n) is 5.39. The van der Waals surface area contributed by atoms with E-state index in [1.165, 1.54) is 0 Å². The molecule has 1 atom stereocenters. The molecule has 0 bridgehead atoms. The second kappa shape index (κ2) is 5.59. The number of hydrogen-bond acceptors (Lipinski definition) is 4. The highest BCUT2D eigenvalue weighted by Crippen LogP contribution is 2.13. The Bertz CT molecular complexity index is 381. The van der Waals surface area contributed by atoms with Gasteiger partial charge in [-0.15, -0.1) is 0 Å². The third-order valence-corrected chi connectivity index (χ3v) is 2.59. The minimum absolute atomic E-state index is 0.435. The monoisotopic (exact) mass is 218 g/mol. The zero-order chi connectivity index (χ0) is 11.2. The second-order valence-electron chi connectivity index (χ2n) is 3.91.